The third kappa shape index (κ3) is 4.43. The quantitative estimate of drug-likeness (QED) is 0.769. The predicted molar refractivity (Wildman–Crippen MR) is 106 cm³/mol. The number of rotatable bonds is 5. The lowest BCUT2D eigenvalue weighted by atomic mass is 9.95. The molecule has 1 unspecified atom stereocenters. The molecule has 1 amide bonds. The topological polar surface area (TPSA) is 72.9 Å². The van der Waals surface area contributed by atoms with E-state index in [0.29, 0.717) is 18.8 Å². The van der Waals surface area contributed by atoms with Crippen LogP contribution in [0.4, 0.5) is 0 Å². The second-order valence-electron chi connectivity index (χ2n) is 6.42. The van der Waals surface area contributed by atoms with Crippen molar-refractivity contribution in [2.45, 2.75) is 32.6 Å². The fourth-order valence-electron chi connectivity index (χ4n) is 3.04. The van der Waals surface area contributed by atoms with E-state index in [1.165, 1.54) is 0 Å². The highest BCUT2D eigenvalue weighted by Crippen LogP contribution is 2.27. The van der Waals surface area contributed by atoms with Crippen molar-refractivity contribution in [2.75, 3.05) is 13.1 Å². The molecule has 7 heteroatoms. The molecule has 1 atom stereocenters. The van der Waals surface area contributed by atoms with Gasteiger partial charge in [-0.05, 0) is 56.3 Å². The number of fused-ring (bicyclic) bond motifs is 1. The van der Waals surface area contributed by atoms with Crippen molar-refractivity contribution in [3.8, 4) is 5.69 Å². The molecule has 0 saturated carbocycles. The van der Waals surface area contributed by atoms with Crippen LogP contribution in [0.1, 0.15) is 41.5 Å². The van der Waals surface area contributed by atoms with E-state index in [1.807, 2.05) is 35.9 Å². The van der Waals surface area contributed by atoms with E-state index < -0.39 is 0 Å². The Morgan fingerprint density at radius 1 is 1.40 bits per heavy atom. The van der Waals surface area contributed by atoms with Crippen molar-refractivity contribution in [2.24, 2.45) is 11.7 Å². The Morgan fingerprint density at radius 2 is 2.16 bits per heavy atom. The zero-order valence-electron chi connectivity index (χ0n) is 14.3. The van der Waals surface area contributed by atoms with E-state index in [0.717, 1.165) is 47.1 Å². The Morgan fingerprint density at radius 3 is 2.88 bits per heavy atom. The third-order valence-corrected chi connectivity index (χ3v) is 4.95. The molecule has 1 aliphatic rings. The van der Waals surface area contributed by atoms with Gasteiger partial charge in [-0.3, -0.25) is 4.79 Å². The number of benzene rings is 1. The number of amides is 1. The van der Waals surface area contributed by atoms with Crippen LogP contribution in [0.2, 0.25) is 0 Å². The number of nitrogens with zero attached hydrogens (tertiary/aromatic N) is 2. The second kappa shape index (κ2) is 8.83. The lowest BCUT2D eigenvalue weighted by Crippen LogP contribution is -2.32. The van der Waals surface area contributed by atoms with Crippen LogP contribution in [-0.4, -0.2) is 28.8 Å². The lowest BCUT2D eigenvalue weighted by molar-refractivity contribution is 0.0942. The zero-order chi connectivity index (χ0) is 17.1. The number of hydrogen-bond acceptors (Lipinski definition) is 3. The molecule has 1 aromatic carbocycles. The maximum Gasteiger partial charge on any atom is 0.272 e. The molecule has 25 heavy (non-hydrogen) atoms. The van der Waals surface area contributed by atoms with Gasteiger partial charge in [0.2, 0.25) is 0 Å². The number of nitrogens with two attached hydrogens (primary N) is 1. The summed E-state index contributed by atoms with van der Waals surface area (Å²) in [6.07, 6.45) is 4.12. The smallest absolute Gasteiger partial charge is 0.272 e. The van der Waals surface area contributed by atoms with E-state index in [2.05, 4.69) is 26.3 Å². The highest BCUT2D eigenvalue weighted by Gasteiger charge is 2.25. The van der Waals surface area contributed by atoms with Crippen LogP contribution in [0.5, 0.6) is 0 Å². The fraction of sp³-hybridized carbons (Fsp3) is 0.444. The van der Waals surface area contributed by atoms with Gasteiger partial charge in [0.1, 0.15) is 0 Å². The van der Waals surface area contributed by atoms with Crippen LogP contribution in [0, 0.1) is 5.92 Å². The third-order valence-electron chi connectivity index (χ3n) is 4.46. The van der Waals surface area contributed by atoms with Crippen molar-refractivity contribution >= 4 is 34.2 Å². The Labute approximate surface area is 162 Å². The Balaban J connectivity index is 0.00000225. The molecule has 0 saturated heterocycles. The summed E-state index contributed by atoms with van der Waals surface area (Å²) < 4.78 is 2.93. The van der Waals surface area contributed by atoms with Gasteiger partial charge in [0, 0.05) is 22.3 Å². The first-order chi connectivity index (χ1) is 11.6. The van der Waals surface area contributed by atoms with Gasteiger partial charge in [0.05, 0.1) is 5.69 Å². The van der Waals surface area contributed by atoms with Crippen LogP contribution in [0.15, 0.2) is 28.7 Å². The molecule has 136 valence electrons. The average molecular weight is 428 g/mol. The highest BCUT2D eigenvalue weighted by atomic mass is 79.9. The number of nitrogens with one attached hydrogen (secondary N) is 1. The summed E-state index contributed by atoms with van der Waals surface area (Å²) in [5.41, 5.74) is 9.43. The average Bonchev–Trinajstić information content (AvgIpc) is 2.99. The Kier molecular flexibility index (Phi) is 7.04. The van der Waals surface area contributed by atoms with Crippen LogP contribution in [0.25, 0.3) is 5.69 Å². The summed E-state index contributed by atoms with van der Waals surface area (Å²) in [4.78, 5) is 12.6. The molecule has 3 rings (SSSR count). The van der Waals surface area contributed by atoms with Gasteiger partial charge >= 0.3 is 0 Å². The van der Waals surface area contributed by atoms with Gasteiger partial charge in [-0.1, -0.05) is 28.9 Å². The maximum atomic E-state index is 12.6. The summed E-state index contributed by atoms with van der Waals surface area (Å²) in [6.45, 7) is 3.16. The van der Waals surface area contributed by atoms with Gasteiger partial charge in [-0.2, -0.15) is 5.10 Å². The van der Waals surface area contributed by atoms with Crippen molar-refractivity contribution in [1.29, 1.82) is 0 Å². The second-order valence-corrected chi connectivity index (χ2v) is 7.34. The first-order valence-corrected chi connectivity index (χ1v) is 9.24. The van der Waals surface area contributed by atoms with E-state index in [1.54, 1.807) is 0 Å². The summed E-state index contributed by atoms with van der Waals surface area (Å²) in [5.74, 6) is 0.166. The van der Waals surface area contributed by atoms with E-state index >= 15 is 0 Å². The number of hydrogen-bond donors (Lipinski definition) is 2. The fourth-order valence-corrected chi connectivity index (χ4v) is 3.42. The van der Waals surface area contributed by atoms with Gasteiger partial charge in [0.15, 0.2) is 5.69 Å². The van der Waals surface area contributed by atoms with Crippen LogP contribution < -0.4 is 11.1 Å². The van der Waals surface area contributed by atoms with Crippen LogP contribution in [-0.2, 0) is 12.8 Å². The minimum absolute atomic E-state index is 0. The maximum absolute atomic E-state index is 12.6. The molecule has 3 N–H and O–H groups in total. The largest absolute Gasteiger partial charge is 0.350 e. The molecular weight excluding hydrogens is 404 g/mol. The lowest BCUT2D eigenvalue weighted by Gasteiger charge is -2.14. The molecular formula is C18H24BrClN4O. The molecule has 1 heterocycles. The SMILES string of the molecule is CC(CN)CNC(=O)c1nn(-c2cccc(Br)c2)c2c1CCCC2.Cl. The first-order valence-electron chi connectivity index (χ1n) is 8.45. The van der Waals surface area contributed by atoms with E-state index in [-0.39, 0.29) is 24.2 Å². The number of carbonyl (C=O) groups excluding carboxylic acids is 1. The van der Waals surface area contributed by atoms with Crippen LogP contribution >= 0.6 is 28.3 Å². The minimum Gasteiger partial charge on any atom is -0.350 e. The summed E-state index contributed by atoms with van der Waals surface area (Å²) in [7, 11) is 0. The monoisotopic (exact) mass is 426 g/mol. The number of halogens is 2. The molecule has 1 aliphatic carbocycles. The normalized spacial score (nSPS) is 14.4. The van der Waals surface area contributed by atoms with Gasteiger partial charge in [0.25, 0.3) is 5.91 Å². The minimum atomic E-state index is -0.0952. The number of carbonyl (C=O) groups is 1. The van der Waals surface area contributed by atoms with Gasteiger partial charge in [-0.15, -0.1) is 12.4 Å². The summed E-state index contributed by atoms with van der Waals surface area (Å²) in [5, 5.41) is 7.63. The molecule has 0 fully saturated rings. The molecule has 5 nitrogen and oxygen atoms in total. The Hall–Kier alpha value is -1.37. The standard InChI is InChI=1S/C18H23BrN4O.ClH/c1-12(10-20)11-21-18(24)17-15-7-2-3-8-16(15)23(22-17)14-6-4-5-13(19)9-14;/h4-6,9,12H,2-3,7-8,10-11,20H2,1H3,(H,21,24);1H. The predicted octanol–water partition coefficient (Wildman–Crippen LogP) is 3.26. The molecule has 0 radical (unpaired) electrons. The van der Waals surface area contributed by atoms with Crippen molar-refractivity contribution in [3.05, 3.63) is 45.7 Å². The molecule has 1 aromatic heterocycles. The molecule has 2 aromatic rings. The Bertz CT molecular complexity index is 747. The van der Waals surface area contributed by atoms with E-state index in [9.17, 15) is 4.79 Å². The van der Waals surface area contributed by atoms with Gasteiger partial charge < -0.3 is 11.1 Å². The summed E-state index contributed by atoms with van der Waals surface area (Å²) >= 11 is 3.51. The van der Waals surface area contributed by atoms with Crippen molar-refractivity contribution in [3.63, 3.8) is 0 Å². The number of aromatic nitrogens is 2. The molecule has 0 aliphatic heterocycles. The molecule has 0 bridgehead atoms. The van der Waals surface area contributed by atoms with Crippen LogP contribution in [0.3, 0.4) is 0 Å². The zero-order valence-corrected chi connectivity index (χ0v) is 16.7. The highest BCUT2D eigenvalue weighted by molar-refractivity contribution is 9.10. The van der Waals surface area contributed by atoms with E-state index in [4.69, 9.17) is 5.73 Å². The summed E-state index contributed by atoms with van der Waals surface area (Å²) in [6, 6.07) is 8.02. The van der Waals surface area contributed by atoms with Gasteiger partial charge in [-0.25, -0.2) is 4.68 Å². The van der Waals surface area contributed by atoms with Crippen molar-refractivity contribution in [1.82, 2.24) is 15.1 Å². The van der Waals surface area contributed by atoms with Crippen molar-refractivity contribution < 1.29 is 4.79 Å². The first kappa shape index (κ1) is 19.9. The molecule has 0 spiro atoms.